The summed E-state index contributed by atoms with van der Waals surface area (Å²) in [5, 5.41) is 10.3. The minimum atomic E-state index is -3.72. The van der Waals surface area contributed by atoms with E-state index in [-0.39, 0.29) is 10.9 Å². The molecule has 7 heteroatoms. The molecule has 2 rings (SSSR count). The molecule has 0 spiro atoms. The molecule has 0 aliphatic carbocycles. The SMILES string of the molecule is CC(Nc1cc(S(N)(=O)=O)ccc1N)c1cccs1. The van der Waals surface area contributed by atoms with E-state index < -0.39 is 10.0 Å². The number of nitrogens with two attached hydrogens (primary N) is 2. The van der Waals surface area contributed by atoms with Gasteiger partial charge in [-0.25, -0.2) is 13.6 Å². The average molecular weight is 297 g/mol. The second-order valence-corrected chi connectivity index (χ2v) is 6.72. The number of nitrogens with one attached hydrogen (secondary N) is 1. The fraction of sp³-hybridized carbons (Fsp3) is 0.167. The van der Waals surface area contributed by atoms with Gasteiger partial charge in [0.25, 0.3) is 0 Å². The van der Waals surface area contributed by atoms with Crippen LogP contribution in [0.25, 0.3) is 0 Å². The third-order valence-corrected chi connectivity index (χ3v) is 4.66. The molecule has 5 N–H and O–H groups in total. The number of benzene rings is 1. The zero-order valence-corrected chi connectivity index (χ0v) is 12.0. The smallest absolute Gasteiger partial charge is 0.238 e. The fourth-order valence-electron chi connectivity index (χ4n) is 1.68. The van der Waals surface area contributed by atoms with Crippen molar-refractivity contribution in [1.29, 1.82) is 0 Å². The van der Waals surface area contributed by atoms with Crippen LogP contribution < -0.4 is 16.2 Å². The summed E-state index contributed by atoms with van der Waals surface area (Å²) in [7, 11) is -3.72. The maximum atomic E-state index is 11.3. The number of hydrogen-bond donors (Lipinski definition) is 3. The molecule has 1 heterocycles. The second-order valence-electron chi connectivity index (χ2n) is 4.18. The minimum absolute atomic E-state index is 0.0398. The van der Waals surface area contributed by atoms with E-state index in [0.717, 1.165) is 4.88 Å². The van der Waals surface area contributed by atoms with Crippen molar-refractivity contribution in [2.24, 2.45) is 5.14 Å². The summed E-state index contributed by atoms with van der Waals surface area (Å²) in [5.41, 5.74) is 6.88. The number of rotatable bonds is 4. The molecule has 0 saturated carbocycles. The van der Waals surface area contributed by atoms with E-state index >= 15 is 0 Å². The highest BCUT2D eigenvalue weighted by molar-refractivity contribution is 7.89. The van der Waals surface area contributed by atoms with Crippen molar-refractivity contribution < 1.29 is 8.42 Å². The Balaban J connectivity index is 2.30. The summed E-state index contributed by atoms with van der Waals surface area (Å²) in [6, 6.07) is 8.38. The maximum Gasteiger partial charge on any atom is 0.238 e. The molecule has 19 heavy (non-hydrogen) atoms. The van der Waals surface area contributed by atoms with Crippen LogP contribution in [0.1, 0.15) is 17.8 Å². The van der Waals surface area contributed by atoms with E-state index in [2.05, 4.69) is 5.32 Å². The minimum Gasteiger partial charge on any atom is -0.397 e. The summed E-state index contributed by atoms with van der Waals surface area (Å²) in [5.74, 6) is 0. The van der Waals surface area contributed by atoms with Gasteiger partial charge in [0, 0.05) is 4.88 Å². The number of hydrogen-bond acceptors (Lipinski definition) is 5. The van der Waals surface area contributed by atoms with Gasteiger partial charge in [-0.15, -0.1) is 11.3 Å². The number of nitrogen functional groups attached to an aromatic ring is 1. The van der Waals surface area contributed by atoms with Gasteiger partial charge in [-0.3, -0.25) is 0 Å². The molecule has 1 aromatic carbocycles. The third kappa shape index (κ3) is 3.25. The van der Waals surface area contributed by atoms with Crippen molar-refractivity contribution in [2.75, 3.05) is 11.1 Å². The highest BCUT2D eigenvalue weighted by Crippen LogP contribution is 2.28. The number of primary sulfonamides is 1. The van der Waals surface area contributed by atoms with E-state index in [9.17, 15) is 8.42 Å². The third-order valence-electron chi connectivity index (χ3n) is 2.70. The Bertz CT molecular complexity index is 666. The lowest BCUT2D eigenvalue weighted by Crippen LogP contribution is -2.13. The van der Waals surface area contributed by atoms with Gasteiger partial charge in [-0.05, 0) is 36.6 Å². The molecule has 0 aliphatic rings. The van der Waals surface area contributed by atoms with Crippen LogP contribution in [-0.4, -0.2) is 8.42 Å². The normalized spacial score (nSPS) is 13.2. The summed E-state index contributed by atoms with van der Waals surface area (Å²) in [6.07, 6.45) is 0. The van der Waals surface area contributed by atoms with Crippen LogP contribution in [0.3, 0.4) is 0 Å². The van der Waals surface area contributed by atoms with Gasteiger partial charge in [0.2, 0.25) is 10.0 Å². The molecule has 0 bridgehead atoms. The van der Waals surface area contributed by atoms with Gasteiger partial charge >= 0.3 is 0 Å². The van der Waals surface area contributed by atoms with Gasteiger partial charge in [0.15, 0.2) is 0 Å². The first kappa shape index (κ1) is 13.9. The summed E-state index contributed by atoms with van der Waals surface area (Å²) in [4.78, 5) is 1.18. The molecule has 0 radical (unpaired) electrons. The van der Waals surface area contributed by atoms with E-state index in [1.54, 1.807) is 11.3 Å². The first-order valence-corrected chi connectivity index (χ1v) is 8.03. The van der Waals surface area contributed by atoms with Crippen LogP contribution in [-0.2, 0) is 10.0 Å². The summed E-state index contributed by atoms with van der Waals surface area (Å²) >= 11 is 1.62. The van der Waals surface area contributed by atoms with E-state index in [1.807, 2.05) is 24.4 Å². The Morgan fingerprint density at radius 3 is 2.63 bits per heavy atom. The fourth-order valence-corrected chi connectivity index (χ4v) is 2.95. The second kappa shape index (κ2) is 5.20. The molecule has 0 aliphatic heterocycles. The predicted octanol–water partition coefficient (Wildman–Crippen LogP) is 2.15. The highest BCUT2D eigenvalue weighted by Gasteiger charge is 2.13. The quantitative estimate of drug-likeness (QED) is 0.753. The van der Waals surface area contributed by atoms with Gasteiger partial charge in [-0.2, -0.15) is 0 Å². The van der Waals surface area contributed by atoms with Crippen molar-refractivity contribution in [3.63, 3.8) is 0 Å². The lowest BCUT2D eigenvalue weighted by molar-refractivity contribution is 0.598. The Morgan fingerprint density at radius 2 is 2.05 bits per heavy atom. The molecular formula is C12H15N3O2S2. The summed E-state index contributed by atoms with van der Waals surface area (Å²) < 4.78 is 22.6. The Labute approximate surface area is 116 Å². The monoisotopic (exact) mass is 297 g/mol. The van der Waals surface area contributed by atoms with Gasteiger partial charge < -0.3 is 11.1 Å². The lowest BCUT2D eigenvalue weighted by Gasteiger charge is -2.16. The first-order valence-electron chi connectivity index (χ1n) is 5.60. The Hall–Kier alpha value is -1.57. The zero-order valence-electron chi connectivity index (χ0n) is 10.3. The molecule has 0 saturated heterocycles. The highest BCUT2D eigenvalue weighted by atomic mass is 32.2. The lowest BCUT2D eigenvalue weighted by atomic mass is 10.2. The largest absolute Gasteiger partial charge is 0.397 e. The molecule has 0 amide bonds. The van der Waals surface area contributed by atoms with Crippen LogP contribution in [0.15, 0.2) is 40.6 Å². The van der Waals surface area contributed by atoms with Crippen LogP contribution in [0.5, 0.6) is 0 Å². The zero-order chi connectivity index (χ0) is 14.0. The van der Waals surface area contributed by atoms with Gasteiger partial charge in [0.1, 0.15) is 0 Å². The molecule has 102 valence electrons. The van der Waals surface area contributed by atoms with E-state index in [0.29, 0.717) is 11.4 Å². The van der Waals surface area contributed by atoms with Gasteiger partial charge in [0.05, 0.1) is 22.3 Å². The molecule has 1 atom stereocenters. The number of anilines is 2. The van der Waals surface area contributed by atoms with Crippen molar-refractivity contribution >= 4 is 32.7 Å². The topological polar surface area (TPSA) is 98.2 Å². The van der Waals surface area contributed by atoms with Crippen molar-refractivity contribution in [3.8, 4) is 0 Å². The molecule has 1 aromatic heterocycles. The standard InChI is InChI=1S/C12H15N3O2S2/c1-8(12-3-2-6-18-12)15-11-7-9(19(14,16)17)4-5-10(11)13/h2-8,15H,13H2,1H3,(H2,14,16,17). The van der Waals surface area contributed by atoms with Crippen LogP contribution in [0.2, 0.25) is 0 Å². The van der Waals surface area contributed by atoms with Crippen LogP contribution >= 0.6 is 11.3 Å². The van der Waals surface area contributed by atoms with Gasteiger partial charge in [-0.1, -0.05) is 6.07 Å². The van der Waals surface area contributed by atoms with Crippen molar-refractivity contribution in [3.05, 3.63) is 40.6 Å². The first-order chi connectivity index (χ1) is 8.88. The van der Waals surface area contributed by atoms with Crippen molar-refractivity contribution in [1.82, 2.24) is 0 Å². The Morgan fingerprint density at radius 1 is 1.32 bits per heavy atom. The Kier molecular flexibility index (Phi) is 3.79. The van der Waals surface area contributed by atoms with Crippen molar-refractivity contribution in [2.45, 2.75) is 17.9 Å². The molecule has 5 nitrogen and oxygen atoms in total. The molecular weight excluding hydrogens is 282 g/mol. The molecule has 1 unspecified atom stereocenters. The van der Waals surface area contributed by atoms with E-state index in [1.165, 1.54) is 18.2 Å². The summed E-state index contributed by atoms with van der Waals surface area (Å²) in [6.45, 7) is 1.98. The molecule has 0 fully saturated rings. The molecule has 2 aromatic rings. The van der Waals surface area contributed by atoms with Crippen LogP contribution in [0.4, 0.5) is 11.4 Å². The maximum absolute atomic E-state index is 11.3. The average Bonchev–Trinajstić information content (AvgIpc) is 2.84. The number of thiophene rings is 1. The number of sulfonamides is 1. The van der Waals surface area contributed by atoms with E-state index in [4.69, 9.17) is 10.9 Å². The predicted molar refractivity (Wildman–Crippen MR) is 78.6 cm³/mol. The van der Waals surface area contributed by atoms with Crippen LogP contribution in [0, 0.1) is 0 Å².